The zero-order chi connectivity index (χ0) is 11.8. The maximum Gasteiger partial charge on any atom is 0.0946 e. The number of nitrogens with zero attached hydrogens (tertiary/aromatic N) is 2. The third-order valence-electron chi connectivity index (χ3n) is 2.84. The van der Waals surface area contributed by atoms with Crippen molar-refractivity contribution in [1.82, 2.24) is 14.9 Å². The molecule has 0 radical (unpaired) electrons. The Labute approximate surface area is 99.3 Å². The lowest BCUT2D eigenvalue weighted by Gasteiger charge is -2.23. The first-order chi connectivity index (χ1) is 7.76. The van der Waals surface area contributed by atoms with E-state index in [0.717, 1.165) is 6.54 Å². The van der Waals surface area contributed by atoms with Gasteiger partial charge in [0, 0.05) is 31.0 Å². The first kappa shape index (κ1) is 13.2. The average molecular weight is 223 g/mol. The van der Waals surface area contributed by atoms with Gasteiger partial charge in [-0.3, -0.25) is 0 Å². The van der Waals surface area contributed by atoms with Crippen LogP contribution < -0.4 is 5.32 Å². The van der Waals surface area contributed by atoms with Gasteiger partial charge in [0.2, 0.25) is 0 Å². The number of hydrogen-bond donors (Lipinski definition) is 1. The predicted octanol–water partition coefficient (Wildman–Crippen LogP) is 2.83. The second-order valence-electron chi connectivity index (χ2n) is 4.60. The minimum Gasteiger partial charge on any atom is -0.336 e. The van der Waals surface area contributed by atoms with E-state index >= 15 is 0 Å². The van der Waals surface area contributed by atoms with Crippen LogP contribution >= 0.6 is 0 Å². The molecule has 0 fully saturated rings. The molecule has 1 heterocycles. The monoisotopic (exact) mass is 223 g/mol. The van der Waals surface area contributed by atoms with Crippen molar-refractivity contribution in [1.29, 1.82) is 0 Å². The van der Waals surface area contributed by atoms with Crippen molar-refractivity contribution in [3.05, 3.63) is 18.7 Å². The van der Waals surface area contributed by atoms with Crippen molar-refractivity contribution < 1.29 is 0 Å². The second-order valence-corrected chi connectivity index (χ2v) is 4.60. The third-order valence-corrected chi connectivity index (χ3v) is 2.84. The van der Waals surface area contributed by atoms with Crippen LogP contribution in [0.4, 0.5) is 0 Å². The molecular formula is C13H25N3. The SMILES string of the molecule is CCCC(CCC)NC(C)Cn1ccnc1. The van der Waals surface area contributed by atoms with Crippen LogP contribution in [0.1, 0.15) is 46.5 Å². The molecular weight excluding hydrogens is 198 g/mol. The molecule has 1 aromatic heterocycles. The van der Waals surface area contributed by atoms with E-state index < -0.39 is 0 Å². The third kappa shape index (κ3) is 4.79. The number of hydrogen-bond acceptors (Lipinski definition) is 2. The Bertz CT molecular complexity index is 250. The van der Waals surface area contributed by atoms with Gasteiger partial charge in [0.25, 0.3) is 0 Å². The molecule has 1 rings (SSSR count). The molecule has 0 amide bonds. The molecule has 0 saturated heterocycles. The van der Waals surface area contributed by atoms with Gasteiger partial charge in [0.05, 0.1) is 6.33 Å². The van der Waals surface area contributed by atoms with Crippen LogP contribution in [-0.2, 0) is 6.54 Å². The van der Waals surface area contributed by atoms with Crippen molar-refractivity contribution in [2.45, 2.75) is 65.1 Å². The topological polar surface area (TPSA) is 29.9 Å². The molecule has 0 aliphatic carbocycles. The summed E-state index contributed by atoms with van der Waals surface area (Å²) in [6.45, 7) is 7.76. The number of aromatic nitrogens is 2. The Balaban J connectivity index is 2.32. The Hall–Kier alpha value is -0.830. The van der Waals surface area contributed by atoms with Gasteiger partial charge in [-0.25, -0.2) is 4.98 Å². The molecule has 92 valence electrons. The predicted molar refractivity (Wildman–Crippen MR) is 68.4 cm³/mol. The summed E-state index contributed by atoms with van der Waals surface area (Å²) in [6, 6.07) is 1.19. The lowest BCUT2D eigenvalue weighted by Crippen LogP contribution is -2.38. The summed E-state index contributed by atoms with van der Waals surface area (Å²) < 4.78 is 2.13. The molecule has 3 nitrogen and oxygen atoms in total. The molecule has 3 heteroatoms. The second kappa shape index (κ2) is 7.44. The highest BCUT2D eigenvalue weighted by Crippen LogP contribution is 2.06. The summed E-state index contributed by atoms with van der Waals surface area (Å²) in [5, 5.41) is 3.71. The highest BCUT2D eigenvalue weighted by Gasteiger charge is 2.10. The summed E-state index contributed by atoms with van der Waals surface area (Å²) in [5.74, 6) is 0. The van der Waals surface area contributed by atoms with Crippen molar-refractivity contribution in [3.63, 3.8) is 0 Å². The largest absolute Gasteiger partial charge is 0.336 e. The van der Waals surface area contributed by atoms with E-state index in [2.05, 4.69) is 35.6 Å². The molecule has 0 aliphatic rings. The van der Waals surface area contributed by atoms with Gasteiger partial charge < -0.3 is 9.88 Å². The molecule has 0 aliphatic heterocycles. The minimum atomic E-state index is 0.511. The van der Waals surface area contributed by atoms with E-state index in [1.54, 1.807) is 0 Å². The van der Waals surface area contributed by atoms with Crippen LogP contribution in [-0.4, -0.2) is 21.6 Å². The van der Waals surface area contributed by atoms with Crippen LogP contribution in [0.5, 0.6) is 0 Å². The first-order valence-corrected chi connectivity index (χ1v) is 6.48. The summed E-state index contributed by atoms with van der Waals surface area (Å²) in [5.41, 5.74) is 0. The van der Waals surface area contributed by atoms with Gasteiger partial charge in [-0.1, -0.05) is 26.7 Å². The lowest BCUT2D eigenvalue weighted by atomic mass is 10.1. The zero-order valence-corrected chi connectivity index (χ0v) is 10.8. The maximum absolute atomic E-state index is 4.06. The quantitative estimate of drug-likeness (QED) is 0.734. The molecule has 0 saturated carbocycles. The summed E-state index contributed by atoms with van der Waals surface area (Å²) in [6.07, 6.45) is 10.8. The molecule has 1 unspecified atom stereocenters. The van der Waals surface area contributed by atoms with Crippen molar-refractivity contribution in [2.24, 2.45) is 0 Å². The first-order valence-electron chi connectivity index (χ1n) is 6.48. The lowest BCUT2D eigenvalue weighted by molar-refractivity contribution is 0.371. The van der Waals surface area contributed by atoms with Crippen LogP contribution in [0.2, 0.25) is 0 Å². The van der Waals surface area contributed by atoms with Gasteiger partial charge in [-0.2, -0.15) is 0 Å². The fraction of sp³-hybridized carbons (Fsp3) is 0.769. The fourth-order valence-corrected chi connectivity index (χ4v) is 2.17. The number of nitrogens with one attached hydrogen (secondary N) is 1. The van der Waals surface area contributed by atoms with E-state index in [0.29, 0.717) is 12.1 Å². The van der Waals surface area contributed by atoms with E-state index in [4.69, 9.17) is 0 Å². The van der Waals surface area contributed by atoms with E-state index in [1.807, 2.05) is 18.7 Å². The van der Waals surface area contributed by atoms with Crippen LogP contribution in [0.25, 0.3) is 0 Å². The van der Waals surface area contributed by atoms with Crippen molar-refractivity contribution in [2.75, 3.05) is 0 Å². The normalized spacial score (nSPS) is 13.2. The molecule has 0 bridgehead atoms. The van der Waals surface area contributed by atoms with Gasteiger partial charge >= 0.3 is 0 Å². The highest BCUT2D eigenvalue weighted by molar-refractivity contribution is 4.78. The van der Waals surface area contributed by atoms with Crippen molar-refractivity contribution >= 4 is 0 Å². The smallest absolute Gasteiger partial charge is 0.0946 e. The fourth-order valence-electron chi connectivity index (χ4n) is 2.17. The highest BCUT2D eigenvalue weighted by atomic mass is 15.1. The average Bonchev–Trinajstić information content (AvgIpc) is 2.71. The molecule has 1 aromatic rings. The Morgan fingerprint density at radius 2 is 1.94 bits per heavy atom. The van der Waals surface area contributed by atoms with Gasteiger partial charge in [-0.05, 0) is 19.8 Å². The van der Waals surface area contributed by atoms with Crippen molar-refractivity contribution in [3.8, 4) is 0 Å². The summed E-state index contributed by atoms with van der Waals surface area (Å²) >= 11 is 0. The van der Waals surface area contributed by atoms with E-state index in [1.165, 1.54) is 25.7 Å². The van der Waals surface area contributed by atoms with Gasteiger partial charge in [0.15, 0.2) is 0 Å². The van der Waals surface area contributed by atoms with Crippen LogP contribution in [0.3, 0.4) is 0 Å². The molecule has 1 atom stereocenters. The van der Waals surface area contributed by atoms with Crippen LogP contribution in [0.15, 0.2) is 18.7 Å². The maximum atomic E-state index is 4.06. The molecule has 16 heavy (non-hydrogen) atoms. The summed E-state index contributed by atoms with van der Waals surface area (Å²) in [4.78, 5) is 4.06. The minimum absolute atomic E-state index is 0.511. The number of imidazole rings is 1. The Morgan fingerprint density at radius 1 is 1.25 bits per heavy atom. The standard InChI is InChI=1S/C13H25N3/c1-4-6-13(7-5-2)15-12(3)10-16-9-8-14-11-16/h8-9,11-13,15H,4-7,10H2,1-3H3. The Kier molecular flexibility index (Phi) is 6.16. The van der Waals surface area contributed by atoms with Gasteiger partial charge in [0.1, 0.15) is 0 Å². The summed E-state index contributed by atoms with van der Waals surface area (Å²) in [7, 11) is 0. The Morgan fingerprint density at radius 3 is 2.44 bits per heavy atom. The molecule has 0 aromatic carbocycles. The van der Waals surface area contributed by atoms with Gasteiger partial charge in [-0.15, -0.1) is 0 Å². The molecule has 0 spiro atoms. The van der Waals surface area contributed by atoms with E-state index in [9.17, 15) is 0 Å². The zero-order valence-electron chi connectivity index (χ0n) is 10.8. The molecule has 1 N–H and O–H groups in total. The number of rotatable bonds is 8. The van der Waals surface area contributed by atoms with E-state index in [-0.39, 0.29) is 0 Å². The van der Waals surface area contributed by atoms with Crippen LogP contribution in [0, 0.1) is 0 Å².